The highest BCUT2D eigenvalue weighted by molar-refractivity contribution is 9.10. The van der Waals surface area contributed by atoms with Gasteiger partial charge < -0.3 is 4.74 Å². The van der Waals surface area contributed by atoms with Crippen LogP contribution >= 0.6 is 27.3 Å². The van der Waals surface area contributed by atoms with Crippen LogP contribution in [0.3, 0.4) is 0 Å². The van der Waals surface area contributed by atoms with Crippen molar-refractivity contribution in [3.63, 3.8) is 0 Å². The molecule has 0 radical (unpaired) electrons. The second-order valence-corrected chi connectivity index (χ2v) is 8.26. The Kier molecular flexibility index (Phi) is 6.84. The number of halogens is 4. The molecule has 3 aromatic rings. The number of hydrogen-bond donors (Lipinski definition) is 1. The van der Waals surface area contributed by atoms with Crippen LogP contribution in [0, 0.1) is 16.7 Å². The quantitative estimate of drug-likeness (QED) is 0.332. The predicted molar refractivity (Wildman–Crippen MR) is 110 cm³/mol. The Morgan fingerprint density at radius 2 is 1.93 bits per heavy atom. The second kappa shape index (κ2) is 9.36. The maximum absolute atomic E-state index is 13.1. The highest BCUT2D eigenvalue weighted by Gasteiger charge is 2.31. The highest BCUT2D eigenvalue weighted by atomic mass is 79.9. The van der Waals surface area contributed by atoms with E-state index < -0.39 is 11.7 Å². The average Bonchev–Trinajstić information content (AvgIpc) is 3.20. The minimum absolute atomic E-state index is 0.171. The number of aromatic nitrogens is 2. The van der Waals surface area contributed by atoms with Gasteiger partial charge in [0.1, 0.15) is 10.0 Å². The summed E-state index contributed by atoms with van der Waals surface area (Å²) in [4.78, 5) is 0. The molecule has 0 spiro atoms. The van der Waals surface area contributed by atoms with E-state index in [1.807, 2.05) is 12.1 Å². The molecule has 1 atom stereocenters. The molecule has 1 heterocycles. The molecular weight excluding hydrogens is 481 g/mol. The average molecular weight is 495 g/mol. The van der Waals surface area contributed by atoms with E-state index in [2.05, 4.69) is 32.2 Å². The van der Waals surface area contributed by atoms with Gasteiger partial charge in [-0.25, -0.2) is 0 Å². The van der Waals surface area contributed by atoms with Gasteiger partial charge in [-0.2, -0.15) is 18.4 Å². The lowest BCUT2D eigenvalue weighted by Gasteiger charge is -2.13. The summed E-state index contributed by atoms with van der Waals surface area (Å²) in [6, 6.07) is 12.7. The van der Waals surface area contributed by atoms with Crippen LogP contribution in [0.4, 0.5) is 13.2 Å². The molecule has 0 unspecified atom stereocenters. The Labute approximate surface area is 182 Å². The molecule has 30 heavy (non-hydrogen) atoms. The van der Waals surface area contributed by atoms with E-state index in [0.29, 0.717) is 32.0 Å². The Bertz CT molecular complexity index is 1080. The Morgan fingerprint density at radius 3 is 2.57 bits per heavy atom. The topological polar surface area (TPSA) is 82.6 Å². The van der Waals surface area contributed by atoms with Gasteiger partial charge in [-0.05, 0) is 42.3 Å². The SMILES string of the molecule is N#Cc1ccc(C[C@H](COC=N)c2nnc(-c3cc(Br)cc(C(F)(F)F)c3)s2)cc1. The zero-order chi connectivity index (χ0) is 21.7. The molecule has 1 aromatic heterocycles. The van der Waals surface area contributed by atoms with Crippen molar-refractivity contribution in [2.24, 2.45) is 0 Å². The third-order valence-corrected chi connectivity index (χ3v) is 5.80. The molecule has 1 N–H and O–H groups in total. The van der Waals surface area contributed by atoms with Crippen LogP contribution in [0.5, 0.6) is 0 Å². The molecule has 0 bridgehead atoms. The van der Waals surface area contributed by atoms with Gasteiger partial charge in [-0.3, -0.25) is 5.41 Å². The van der Waals surface area contributed by atoms with Gasteiger partial charge in [-0.15, -0.1) is 10.2 Å². The number of nitrogens with one attached hydrogen (secondary N) is 1. The number of alkyl halides is 3. The zero-order valence-electron chi connectivity index (χ0n) is 15.3. The first-order chi connectivity index (χ1) is 14.3. The molecule has 0 aliphatic carbocycles. The Morgan fingerprint density at radius 1 is 1.20 bits per heavy atom. The number of nitrogens with zero attached hydrogens (tertiary/aromatic N) is 3. The van der Waals surface area contributed by atoms with E-state index in [0.717, 1.165) is 24.1 Å². The molecular formula is C20H14BrF3N4OS. The van der Waals surface area contributed by atoms with Crippen molar-refractivity contribution in [2.75, 3.05) is 6.61 Å². The zero-order valence-corrected chi connectivity index (χ0v) is 17.7. The van der Waals surface area contributed by atoms with E-state index in [4.69, 9.17) is 15.4 Å². The fraction of sp³-hybridized carbons (Fsp3) is 0.200. The van der Waals surface area contributed by atoms with Gasteiger partial charge in [0.15, 0.2) is 6.40 Å². The number of benzene rings is 2. The van der Waals surface area contributed by atoms with Crippen LogP contribution in [0.2, 0.25) is 0 Å². The smallest absolute Gasteiger partial charge is 0.416 e. The summed E-state index contributed by atoms with van der Waals surface area (Å²) in [5.41, 5.74) is 1.01. The molecule has 0 fully saturated rings. The van der Waals surface area contributed by atoms with Crippen molar-refractivity contribution in [1.29, 1.82) is 10.7 Å². The van der Waals surface area contributed by atoms with Crippen molar-refractivity contribution in [3.05, 3.63) is 68.6 Å². The molecule has 154 valence electrons. The number of hydrogen-bond acceptors (Lipinski definition) is 6. The molecule has 5 nitrogen and oxygen atoms in total. The van der Waals surface area contributed by atoms with Crippen LogP contribution in [0.1, 0.15) is 27.6 Å². The molecule has 3 rings (SSSR count). The fourth-order valence-electron chi connectivity index (χ4n) is 2.77. The number of nitriles is 1. The van der Waals surface area contributed by atoms with Gasteiger partial charge in [-0.1, -0.05) is 39.4 Å². The van der Waals surface area contributed by atoms with Gasteiger partial charge in [0.2, 0.25) is 0 Å². The van der Waals surface area contributed by atoms with E-state index in [9.17, 15) is 13.2 Å². The summed E-state index contributed by atoms with van der Waals surface area (Å²) in [6.07, 6.45) is -3.12. The summed E-state index contributed by atoms with van der Waals surface area (Å²) >= 11 is 4.30. The first kappa shape index (κ1) is 21.9. The van der Waals surface area contributed by atoms with Gasteiger partial charge in [0.05, 0.1) is 29.7 Å². The van der Waals surface area contributed by atoms with Gasteiger partial charge in [0, 0.05) is 10.0 Å². The second-order valence-electron chi connectivity index (χ2n) is 6.33. The van der Waals surface area contributed by atoms with Crippen molar-refractivity contribution in [2.45, 2.75) is 18.5 Å². The van der Waals surface area contributed by atoms with Crippen molar-refractivity contribution < 1.29 is 17.9 Å². The molecule has 10 heteroatoms. The maximum Gasteiger partial charge on any atom is 0.416 e. The van der Waals surface area contributed by atoms with Crippen LogP contribution in [0.15, 0.2) is 46.9 Å². The first-order valence-electron chi connectivity index (χ1n) is 8.61. The third-order valence-electron chi connectivity index (χ3n) is 4.21. The van der Waals surface area contributed by atoms with Crippen molar-refractivity contribution in [1.82, 2.24) is 10.2 Å². The lowest BCUT2D eigenvalue weighted by molar-refractivity contribution is -0.137. The van der Waals surface area contributed by atoms with Crippen LogP contribution in [0.25, 0.3) is 10.6 Å². The number of rotatable bonds is 7. The Balaban J connectivity index is 1.89. The predicted octanol–water partition coefficient (Wildman–Crippen LogP) is 5.81. The fourth-order valence-corrected chi connectivity index (χ4v) is 4.18. The molecule has 0 amide bonds. The summed E-state index contributed by atoms with van der Waals surface area (Å²) in [5, 5.41) is 25.2. The summed E-state index contributed by atoms with van der Waals surface area (Å²) < 4.78 is 44.8. The normalized spacial score (nSPS) is 12.2. The Hall–Kier alpha value is -2.77. The maximum atomic E-state index is 13.1. The van der Waals surface area contributed by atoms with E-state index in [-0.39, 0.29) is 12.5 Å². The number of ether oxygens (including phenoxy) is 1. The molecule has 0 saturated carbocycles. The van der Waals surface area contributed by atoms with Crippen LogP contribution in [-0.2, 0) is 17.3 Å². The van der Waals surface area contributed by atoms with E-state index in [1.54, 1.807) is 18.2 Å². The summed E-state index contributed by atoms with van der Waals surface area (Å²) in [6.45, 7) is 0.171. The largest absolute Gasteiger partial charge is 0.483 e. The van der Waals surface area contributed by atoms with Gasteiger partial charge >= 0.3 is 6.18 Å². The first-order valence-corrected chi connectivity index (χ1v) is 10.2. The minimum atomic E-state index is -4.47. The standard InChI is InChI=1S/C20H14BrF3N4OS/c21-17-7-14(6-16(8-17)20(22,23)24)18-27-28-19(30-18)15(10-29-11-26)5-12-1-3-13(9-25)4-2-12/h1-4,6-8,11,15,26H,5,10H2/t15-/m1/s1. The summed E-state index contributed by atoms with van der Waals surface area (Å²) in [7, 11) is 0. The van der Waals surface area contributed by atoms with E-state index >= 15 is 0 Å². The van der Waals surface area contributed by atoms with Gasteiger partial charge in [0.25, 0.3) is 0 Å². The van der Waals surface area contributed by atoms with Crippen molar-refractivity contribution in [3.8, 4) is 16.6 Å². The van der Waals surface area contributed by atoms with Crippen LogP contribution < -0.4 is 0 Å². The monoisotopic (exact) mass is 494 g/mol. The van der Waals surface area contributed by atoms with Crippen LogP contribution in [-0.4, -0.2) is 23.2 Å². The highest BCUT2D eigenvalue weighted by Crippen LogP contribution is 2.36. The molecule has 0 saturated heterocycles. The molecule has 0 aliphatic rings. The lowest BCUT2D eigenvalue weighted by Crippen LogP contribution is -2.10. The minimum Gasteiger partial charge on any atom is -0.483 e. The van der Waals surface area contributed by atoms with E-state index in [1.165, 1.54) is 11.3 Å². The lowest BCUT2D eigenvalue weighted by atomic mass is 10.00. The molecule has 2 aromatic carbocycles. The third kappa shape index (κ3) is 5.43. The molecule has 0 aliphatic heterocycles. The summed E-state index contributed by atoms with van der Waals surface area (Å²) in [5.74, 6) is -0.250. The van der Waals surface area contributed by atoms with Crippen molar-refractivity contribution >= 4 is 33.7 Å².